The second-order valence-electron chi connectivity index (χ2n) is 9.29. The lowest BCUT2D eigenvalue weighted by atomic mass is 10.0. The van der Waals surface area contributed by atoms with E-state index < -0.39 is 12.2 Å². The van der Waals surface area contributed by atoms with Crippen molar-refractivity contribution in [3.63, 3.8) is 0 Å². The molecule has 0 amide bonds. The molecule has 200 valence electrons. The fourth-order valence-electron chi connectivity index (χ4n) is 3.18. The molecule has 5 atom stereocenters. The third-order valence-electron chi connectivity index (χ3n) is 5.65. The lowest BCUT2D eigenvalue weighted by molar-refractivity contribution is 0.138. The second-order valence-corrected chi connectivity index (χ2v) is 9.29. The van der Waals surface area contributed by atoms with Crippen LogP contribution < -0.4 is 11.5 Å². The van der Waals surface area contributed by atoms with Gasteiger partial charge in [-0.2, -0.15) is 0 Å². The molecule has 0 aliphatic rings. The Balaban J connectivity index is 3.66. The maximum atomic E-state index is 9.89. The summed E-state index contributed by atoms with van der Waals surface area (Å²) in [6.07, 6.45) is 33.5. The Morgan fingerprint density at radius 3 is 1.74 bits per heavy atom. The van der Waals surface area contributed by atoms with E-state index >= 15 is 0 Å². The van der Waals surface area contributed by atoms with Crippen LogP contribution in [0, 0.1) is 0 Å². The molecule has 0 aliphatic heterocycles. The minimum Gasteiger partial charge on any atom is -0.392 e. The predicted octanol–water partition coefficient (Wildman–Crippen LogP) is 5.39. The highest BCUT2D eigenvalue weighted by molar-refractivity contribution is 5.08. The summed E-state index contributed by atoms with van der Waals surface area (Å²) < 4.78 is 0. The maximum Gasteiger partial charge on any atom is 0.0758 e. The number of rotatable bonds is 21. The van der Waals surface area contributed by atoms with E-state index in [4.69, 9.17) is 11.5 Å². The number of unbranched alkanes of at least 4 members (excludes halogenated alkanes) is 4. The van der Waals surface area contributed by atoms with Crippen molar-refractivity contribution >= 4 is 0 Å². The molecular formula is C30H52N2O3. The fraction of sp³-hybridized carbons (Fsp3) is 0.600. The van der Waals surface area contributed by atoms with Gasteiger partial charge in [0, 0.05) is 12.1 Å². The molecule has 0 bridgehead atoms. The van der Waals surface area contributed by atoms with Gasteiger partial charge in [0.05, 0.1) is 18.3 Å². The highest BCUT2D eigenvalue weighted by atomic mass is 16.3. The Hall–Kier alpha value is -1.76. The SMILES string of the molecule is C[C@H](N)[C@H](O)C/C=C\CC(O)/C=C/C=C\C/C=C\C/C=C\C/C=C\CCCCCC[C@@H](O)[C@H](C)N. The summed E-state index contributed by atoms with van der Waals surface area (Å²) in [6, 6.07) is -0.369. The van der Waals surface area contributed by atoms with Crippen LogP contribution in [0.4, 0.5) is 0 Å². The predicted molar refractivity (Wildman–Crippen MR) is 151 cm³/mol. The van der Waals surface area contributed by atoms with Crippen LogP contribution in [-0.2, 0) is 0 Å². The Labute approximate surface area is 214 Å². The van der Waals surface area contributed by atoms with Crippen molar-refractivity contribution in [3.05, 3.63) is 72.9 Å². The first-order valence-corrected chi connectivity index (χ1v) is 13.3. The molecule has 7 N–H and O–H groups in total. The van der Waals surface area contributed by atoms with E-state index in [1.165, 1.54) is 12.8 Å². The van der Waals surface area contributed by atoms with Gasteiger partial charge in [-0.15, -0.1) is 0 Å². The second kappa shape index (κ2) is 24.0. The highest BCUT2D eigenvalue weighted by Gasteiger charge is 2.08. The van der Waals surface area contributed by atoms with E-state index in [2.05, 4.69) is 42.5 Å². The van der Waals surface area contributed by atoms with Crippen LogP contribution >= 0.6 is 0 Å². The molecule has 5 nitrogen and oxygen atoms in total. The number of aliphatic hydroxyl groups is 3. The quantitative estimate of drug-likeness (QED) is 0.0844. The summed E-state index contributed by atoms with van der Waals surface area (Å²) >= 11 is 0. The number of aliphatic hydroxyl groups excluding tert-OH is 3. The molecule has 0 aliphatic carbocycles. The fourth-order valence-corrected chi connectivity index (χ4v) is 3.18. The van der Waals surface area contributed by atoms with Crippen molar-refractivity contribution < 1.29 is 15.3 Å². The van der Waals surface area contributed by atoms with Gasteiger partial charge in [0.2, 0.25) is 0 Å². The van der Waals surface area contributed by atoms with E-state index in [1.54, 1.807) is 13.0 Å². The van der Waals surface area contributed by atoms with Crippen molar-refractivity contribution in [3.8, 4) is 0 Å². The van der Waals surface area contributed by atoms with Crippen molar-refractivity contribution in [2.24, 2.45) is 11.5 Å². The van der Waals surface area contributed by atoms with Gasteiger partial charge >= 0.3 is 0 Å². The number of nitrogens with two attached hydrogens (primary N) is 2. The Morgan fingerprint density at radius 2 is 1.11 bits per heavy atom. The summed E-state index contributed by atoms with van der Waals surface area (Å²) in [7, 11) is 0. The zero-order valence-corrected chi connectivity index (χ0v) is 22.1. The van der Waals surface area contributed by atoms with E-state index in [0.717, 1.165) is 44.9 Å². The van der Waals surface area contributed by atoms with Gasteiger partial charge in [0.1, 0.15) is 0 Å². The molecule has 0 spiro atoms. The summed E-state index contributed by atoms with van der Waals surface area (Å²) in [5.74, 6) is 0. The molecule has 0 aromatic rings. The molecule has 0 aromatic heterocycles. The third-order valence-corrected chi connectivity index (χ3v) is 5.65. The number of hydrogen-bond donors (Lipinski definition) is 5. The summed E-state index contributed by atoms with van der Waals surface area (Å²) in [6.45, 7) is 3.63. The van der Waals surface area contributed by atoms with Gasteiger partial charge in [-0.1, -0.05) is 92.2 Å². The van der Waals surface area contributed by atoms with Crippen molar-refractivity contribution in [1.82, 2.24) is 0 Å². The Kier molecular flexibility index (Phi) is 22.8. The van der Waals surface area contributed by atoms with E-state index in [0.29, 0.717) is 12.8 Å². The van der Waals surface area contributed by atoms with Crippen molar-refractivity contribution in [2.75, 3.05) is 0 Å². The normalized spacial score (nSPS) is 17.6. The van der Waals surface area contributed by atoms with Crippen LogP contribution in [0.15, 0.2) is 72.9 Å². The topological polar surface area (TPSA) is 113 Å². The van der Waals surface area contributed by atoms with Gasteiger partial charge in [-0.25, -0.2) is 0 Å². The zero-order valence-electron chi connectivity index (χ0n) is 22.1. The van der Waals surface area contributed by atoms with Crippen molar-refractivity contribution in [2.45, 2.75) is 115 Å². The first-order chi connectivity index (χ1) is 16.8. The Bertz CT molecular complexity index is 648. The van der Waals surface area contributed by atoms with Crippen LogP contribution in [0.3, 0.4) is 0 Å². The molecule has 0 rings (SSSR count). The van der Waals surface area contributed by atoms with Gasteiger partial charge < -0.3 is 26.8 Å². The largest absolute Gasteiger partial charge is 0.392 e. The van der Waals surface area contributed by atoms with Gasteiger partial charge in [-0.3, -0.25) is 0 Å². The van der Waals surface area contributed by atoms with Crippen LogP contribution in [0.2, 0.25) is 0 Å². The highest BCUT2D eigenvalue weighted by Crippen LogP contribution is 2.09. The zero-order chi connectivity index (χ0) is 26.2. The summed E-state index contributed by atoms with van der Waals surface area (Å²) in [5, 5.41) is 29.2. The van der Waals surface area contributed by atoms with Crippen LogP contribution in [0.25, 0.3) is 0 Å². The smallest absolute Gasteiger partial charge is 0.0758 e. The molecule has 0 aromatic carbocycles. The van der Waals surface area contributed by atoms with Gasteiger partial charge in [-0.05, 0) is 65.2 Å². The lowest BCUT2D eigenvalue weighted by Crippen LogP contribution is -2.31. The molecule has 35 heavy (non-hydrogen) atoms. The Morgan fingerprint density at radius 1 is 0.571 bits per heavy atom. The van der Waals surface area contributed by atoms with Crippen molar-refractivity contribution in [1.29, 1.82) is 0 Å². The maximum absolute atomic E-state index is 9.89. The van der Waals surface area contributed by atoms with E-state index in [1.807, 2.05) is 31.2 Å². The first-order valence-electron chi connectivity index (χ1n) is 13.3. The lowest BCUT2D eigenvalue weighted by Gasteiger charge is -2.13. The number of allylic oxidation sites excluding steroid dienone is 9. The molecule has 0 saturated heterocycles. The first kappa shape index (κ1) is 33.2. The van der Waals surface area contributed by atoms with Crippen LogP contribution in [0.5, 0.6) is 0 Å². The molecule has 0 radical (unpaired) electrons. The van der Waals surface area contributed by atoms with Gasteiger partial charge in [0.15, 0.2) is 0 Å². The third kappa shape index (κ3) is 23.7. The monoisotopic (exact) mass is 488 g/mol. The standard InChI is InChI=1S/C30H52N2O3/c1-26(31)29(34)24-19-17-15-13-11-9-7-5-3-4-6-8-10-12-14-16-18-22-28(33)23-20-21-25-30(35)27(2)32/h3-4,7-10,14,16,18,20-22,26-30,33-35H,5-6,11-13,15,17,19,23-25,31-32H2,1-2H3/b4-3-,9-7-,10-8-,16-14-,21-20-,22-18+/t26-,27-,28?,29+,30+/m0/s1. The summed E-state index contributed by atoms with van der Waals surface area (Å²) in [4.78, 5) is 0. The molecular weight excluding hydrogens is 436 g/mol. The summed E-state index contributed by atoms with van der Waals surface area (Å²) in [5.41, 5.74) is 11.3. The minimum atomic E-state index is -0.535. The average molecular weight is 489 g/mol. The number of hydrogen-bond acceptors (Lipinski definition) is 5. The molecule has 0 saturated carbocycles. The molecule has 1 unspecified atom stereocenters. The van der Waals surface area contributed by atoms with Crippen LogP contribution in [0.1, 0.15) is 84.5 Å². The van der Waals surface area contributed by atoms with Gasteiger partial charge in [0.25, 0.3) is 0 Å². The van der Waals surface area contributed by atoms with E-state index in [9.17, 15) is 15.3 Å². The molecule has 0 heterocycles. The minimum absolute atomic E-state index is 0.125. The van der Waals surface area contributed by atoms with Crippen LogP contribution in [-0.4, -0.2) is 45.7 Å². The average Bonchev–Trinajstić information content (AvgIpc) is 2.82. The molecule has 5 heteroatoms. The molecule has 0 fully saturated rings. The van der Waals surface area contributed by atoms with E-state index in [-0.39, 0.29) is 18.2 Å².